The molecule has 0 radical (unpaired) electrons. The molecule has 0 saturated heterocycles. The van der Waals surface area contributed by atoms with Crippen LogP contribution < -0.4 is 19.5 Å². The van der Waals surface area contributed by atoms with Crippen molar-refractivity contribution in [2.75, 3.05) is 33.3 Å². The zero-order valence-electron chi connectivity index (χ0n) is 17.6. The maximum Gasteiger partial charge on any atom is 0.312 e. The topological polar surface area (TPSA) is 83.1 Å². The lowest BCUT2D eigenvalue weighted by molar-refractivity contribution is -0.170. The van der Waals surface area contributed by atoms with E-state index in [1.807, 2.05) is 0 Å². The van der Waals surface area contributed by atoms with Crippen molar-refractivity contribution in [1.29, 1.82) is 0 Å². The largest absolute Gasteiger partial charge is 0.493 e. The number of ether oxygens (including phenoxy) is 4. The minimum Gasteiger partial charge on any atom is -0.493 e. The Hall–Kier alpha value is -1.96. The highest BCUT2D eigenvalue weighted by molar-refractivity contribution is 9.10. The lowest BCUT2D eigenvalue weighted by Crippen LogP contribution is -2.56. The third kappa shape index (κ3) is 3.86. The van der Waals surface area contributed by atoms with Gasteiger partial charge < -0.3 is 24.3 Å². The van der Waals surface area contributed by atoms with Gasteiger partial charge in [-0.25, -0.2) is 0 Å². The van der Waals surface area contributed by atoms with E-state index in [9.17, 15) is 9.59 Å². The summed E-state index contributed by atoms with van der Waals surface area (Å²) in [5.74, 6) is 1.81. The van der Waals surface area contributed by atoms with Gasteiger partial charge in [0, 0.05) is 22.1 Å². The van der Waals surface area contributed by atoms with E-state index in [1.54, 1.807) is 12.1 Å². The van der Waals surface area contributed by atoms with Gasteiger partial charge in [0.25, 0.3) is 5.91 Å². The second-order valence-corrected chi connectivity index (χ2v) is 10.6. The molecule has 7 nitrogen and oxygen atoms in total. The summed E-state index contributed by atoms with van der Waals surface area (Å²) in [6, 6.07) is 3.27. The maximum absolute atomic E-state index is 13.0. The van der Waals surface area contributed by atoms with Crippen LogP contribution >= 0.6 is 15.9 Å². The van der Waals surface area contributed by atoms with Crippen molar-refractivity contribution in [2.24, 2.45) is 17.3 Å². The van der Waals surface area contributed by atoms with Crippen LogP contribution in [0.5, 0.6) is 17.2 Å². The normalized spacial score (nSPS) is 31.2. The van der Waals surface area contributed by atoms with Gasteiger partial charge in [-0.2, -0.15) is 0 Å². The third-order valence-corrected chi connectivity index (χ3v) is 7.63. The van der Waals surface area contributed by atoms with Gasteiger partial charge in [-0.1, -0.05) is 15.9 Å². The molecule has 4 fully saturated rings. The Morgan fingerprint density at radius 2 is 1.63 bits per heavy atom. The number of hydrogen-bond acceptors (Lipinski definition) is 6. The monoisotopic (exact) mass is 481 g/mol. The quantitative estimate of drug-likeness (QED) is 0.469. The number of amides is 1. The maximum atomic E-state index is 13.0. The number of esters is 1. The molecule has 4 aliphatic carbocycles. The van der Waals surface area contributed by atoms with Crippen LogP contribution in [0.1, 0.15) is 38.5 Å². The van der Waals surface area contributed by atoms with Gasteiger partial charge in [0.2, 0.25) is 5.75 Å². The second kappa shape index (κ2) is 7.94. The van der Waals surface area contributed by atoms with Gasteiger partial charge in [0.1, 0.15) is 0 Å². The highest BCUT2D eigenvalue weighted by atomic mass is 79.9. The summed E-state index contributed by atoms with van der Waals surface area (Å²) in [4.78, 5) is 25.5. The first-order valence-electron chi connectivity index (χ1n) is 10.3. The Morgan fingerprint density at radius 3 is 2.13 bits per heavy atom. The summed E-state index contributed by atoms with van der Waals surface area (Å²) >= 11 is 3.90. The highest BCUT2D eigenvalue weighted by Gasteiger charge is 2.60. The minimum atomic E-state index is -0.444. The third-order valence-electron chi connectivity index (χ3n) is 6.71. The van der Waals surface area contributed by atoms with Crippen molar-refractivity contribution >= 4 is 33.5 Å². The van der Waals surface area contributed by atoms with E-state index in [0.717, 1.165) is 32.1 Å². The zero-order valence-corrected chi connectivity index (χ0v) is 19.2. The predicted octanol–water partition coefficient (Wildman–Crippen LogP) is 3.93. The minimum absolute atomic E-state index is 0.0641. The highest BCUT2D eigenvalue weighted by Crippen LogP contribution is 2.64. The van der Waals surface area contributed by atoms with Crippen LogP contribution in [0.15, 0.2) is 12.1 Å². The molecular formula is C22H28BrNO6. The molecule has 0 heterocycles. The molecule has 0 aromatic heterocycles. The molecule has 1 N–H and O–H groups in total. The summed E-state index contributed by atoms with van der Waals surface area (Å²) < 4.78 is 21.5. The average Bonchev–Trinajstić information content (AvgIpc) is 2.69. The Bertz CT molecular complexity index is 817. The molecule has 1 aromatic carbocycles. The van der Waals surface area contributed by atoms with E-state index in [-0.39, 0.29) is 16.9 Å². The van der Waals surface area contributed by atoms with Crippen LogP contribution in [-0.4, -0.2) is 44.1 Å². The summed E-state index contributed by atoms with van der Waals surface area (Å²) in [6.07, 6.45) is 6.05. The van der Waals surface area contributed by atoms with Crippen molar-refractivity contribution < 1.29 is 28.5 Å². The number of rotatable bonds is 7. The first kappa shape index (κ1) is 21.3. The summed E-state index contributed by atoms with van der Waals surface area (Å²) in [5, 5.41) is 2.74. The van der Waals surface area contributed by atoms with Gasteiger partial charge in [-0.05, 0) is 50.4 Å². The number of hydrogen-bond donors (Lipinski definition) is 1. The van der Waals surface area contributed by atoms with E-state index in [1.165, 1.54) is 27.8 Å². The first-order valence-corrected chi connectivity index (χ1v) is 11.0. The fourth-order valence-electron chi connectivity index (χ4n) is 6.02. The Balaban J connectivity index is 1.39. The fourth-order valence-corrected chi connectivity index (χ4v) is 7.48. The van der Waals surface area contributed by atoms with Crippen molar-refractivity contribution in [3.05, 3.63) is 12.1 Å². The Kier molecular flexibility index (Phi) is 5.64. The molecule has 2 unspecified atom stereocenters. The van der Waals surface area contributed by atoms with Gasteiger partial charge in [0.05, 0.1) is 26.7 Å². The molecule has 5 rings (SSSR count). The molecule has 0 spiro atoms. The smallest absolute Gasteiger partial charge is 0.312 e. The number of nitrogens with one attached hydrogen (secondary N) is 1. The van der Waals surface area contributed by atoms with Crippen molar-refractivity contribution in [1.82, 2.24) is 0 Å². The van der Waals surface area contributed by atoms with E-state index >= 15 is 0 Å². The van der Waals surface area contributed by atoms with Crippen molar-refractivity contribution in [3.63, 3.8) is 0 Å². The molecule has 1 aromatic rings. The molecule has 164 valence electrons. The van der Waals surface area contributed by atoms with Gasteiger partial charge >= 0.3 is 5.97 Å². The molecule has 30 heavy (non-hydrogen) atoms. The van der Waals surface area contributed by atoms with Crippen LogP contribution in [0.25, 0.3) is 0 Å². The number of halogens is 1. The molecule has 2 atom stereocenters. The number of carbonyl (C=O) groups is 2. The number of methoxy groups -OCH3 is 3. The first-order chi connectivity index (χ1) is 14.3. The summed E-state index contributed by atoms with van der Waals surface area (Å²) in [6.45, 7) is -0.318. The van der Waals surface area contributed by atoms with Crippen LogP contribution in [-0.2, 0) is 14.3 Å². The fraction of sp³-hybridized carbons (Fsp3) is 0.636. The summed E-state index contributed by atoms with van der Waals surface area (Å²) in [5.41, 5.74) is 0.0280. The number of carbonyl (C=O) groups excluding carboxylic acids is 2. The lowest BCUT2D eigenvalue weighted by atomic mass is 9.49. The predicted molar refractivity (Wildman–Crippen MR) is 114 cm³/mol. The van der Waals surface area contributed by atoms with Crippen LogP contribution in [0, 0.1) is 17.3 Å². The number of benzene rings is 1. The Labute approximate surface area is 184 Å². The van der Waals surface area contributed by atoms with Crippen LogP contribution in [0.3, 0.4) is 0 Å². The molecule has 8 heteroatoms. The molecule has 4 saturated carbocycles. The van der Waals surface area contributed by atoms with E-state index in [2.05, 4.69) is 21.2 Å². The van der Waals surface area contributed by atoms with Crippen molar-refractivity contribution in [3.8, 4) is 17.2 Å². The average molecular weight is 482 g/mol. The van der Waals surface area contributed by atoms with Crippen LogP contribution in [0.4, 0.5) is 5.69 Å². The van der Waals surface area contributed by atoms with E-state index < -0.39 is 11.3 Å². The number of alkyl halides is 1. The SMILES string of the molecule is COc1cc(NC(=O)COC(=O)C23CC4CC(CC(Br)(C4)C2)C3)cc(OC)c1OC. The van der Waals surface area contributed by atoms with E-state index in [4.69, 9.17) is 18.9 Å². The van der Waals surface area contributed by atoms with Gasteiger partial charge in [-0.3, -0.25) is 9.59 Å². The van der Waals surface area contributed by atoms with E-state index in [0.29, 0.717) is 34.8 Å². The summed E-state index contributed by atoms with van der Waals surface area (Å²) in [7, 11) is 4.53. The van der Waals surface area contributed by atoms with Crippen molar-refractivity contribution in [2.45, 2.75) is 42.8 Å². The zero-order chi connectivity index (χ0) is 21.5. The second-order valence-electron chi connectivity index (χ2n) is 8.93. The molecule has 1 amide bonds. The van der Waals surface area contributed by atoms with Gasteiger partial charge in [0.15, 0.2) is 18.1 Å². The standard InChI is InChI=1S/C22H28BrNO6/c1-27-16-5-15(6-17(28-2)19(16)29-3)24-18(25)11-30-20(26)21-7-13-4-14(8-21)10-22(23,9-13)12-21/h5-6,13-14H,4,7-12H2,1-3H3,(H,24,25). The molecule has 4 aliphatic rings. The molecular weight excluding hydrogens is 454 g/mol. The Morgan fingerprint density at radius 1 is 1.03 bits per heavy atom. The number of anilines is 1. The van der Waals surface area contributed by atoms with Gasteiger partial charge in [-0.15, -0.1) is 0 Å². The molecule has 0 aliphatic heterocycles. The lowest BCUT2D eigenvalue weighted by Gasteiger charge is -2.58. The molecule has 4 bridgehead atoms. The van der Waals surface area contributed by atoms with Crippen LogP contribution in [0.2, 0.25) is 0 Å².